The standard InChI is InChI=1S/C19H23FN4O3/c1-26-15-5-4-14(21-9-15)10-24-7-6-17-16(11-24)23-19(27-17)18(25)22-13-3-2-12(20)8-13/h4-5,9,12-13H,2-3,6-8,10-11H2,1H3,(H,22,25)/t12-,13-/m1/s1. The summed E-state index contributed by atoms with van der Waals surface area (Å²) < 4.78 is 24.1. The lowest BCUT2D eigenvalue weighted by Crippen LogP contribution is -2.33. The summed E-state index contributed by atoms with van der Waals surface area (Å²) in [4.78, 5) is 23.3. The Morgan fingerprint density at radius 2 is 2.33 bits per heavy atom. The molecule has 1 aliphatic carbocycles. The van der Waals surface area contributed by atoms with Crippen LogP contribution in [0.2, 0.25) is 0 Å². The highest BCUT2D eigenvalue weighted by Gasteiger charge is 2.29. The molecule has 4 rings (SSSR count). The number of alkyl halides is 1. The molecule has 27 heavy (non-hydrogen) atoms. The van der Waals surface area contributed by atoms with E-state index in [9.17, 15) is 9.18 Å². The number of methoxy groups -OCH3 is 1. The smallest absolute Gasteiger partial charge is 0.307 e. The van der Waals surface area contributed by atoms with Crippen molar-refractivity contribution in [2.75, 3.05) is 13.7 Å². The number of hydrogen-bond acceptors (Lipinski definition) is 6. The van der Waals surface area contributed by atoms with Gasteiger partial charge in [-0.15, -0.1) is 0 Å². The van der Waals surface area contributed by atoms with Gasteiger partial charge in [0.15, 0.2) is 0 Å². The Morgan fingerprint density at radius 3 is 3.04 bits per heavy atom. The van der Waals surface area contributed by atoms with Crippen LogP contribution in [-0.2, 0) is 19.5 Å². The van der Waals surface area contributed by atoms with E-state index in [2.05, 4.69) is 20.2 Å². The second-order valence-corrected chi connectivity index (χ2v) is 7.12. The summed E-state index contributed by atoms with van der Waals surface area (Å²) >= 11 is 0. The highest BCUT2D eigenvalue weighted by Crippen LogP contribution is 2.24. The quantitative estimate of drug-likeness (QED) is 0.865. The number of amides is 1. The maximum absolute atomic E-state index is 13.3. The van der Waals surface area contributed by atoms with Crippen molar-refractivity contribution in [2.24, 2.45) is 0 Å². The minimum Gasteiger partial charge on any atom is -0.495 e. The van der Waals surface area contributed by atoms with Gasteiger partial charge in [-0.1, -0.05) is 0 Å². The maximum Gasteiger partial charge on any atom is 0.307 e. The van der Waals surface area contributed by atoms with Crippen molar-refractivity contribution < 1.29 is 18.3 Å². The van der Waals surface area contributed by atoms with E-state index in [-0.39, 0.29) is 17.8 Å². The average Bonchev–Trinajstić information content (AvgIpc) is 3.28. The van der Waals surface area contributed by atoms with E-state index < -0.39 is 6.17 Å². The molecule has 3 heterocycles. The third-order valence-electron chi connectivity index (χ3n) is 5.12. The third kappa shape index (κ3) is 4.10. The molecule has 8 heteroatoms. The first-order valence-electron chi connectivity index (χ1n) is 9.25. The fraction of sp³-hybridized carbons (Fsp3) is 0.526. The highest BCUT2D eigenvalue weighted by atomic mass is 19.1. The van der Waals surface area contributed by atoms with E-state index >= 15 is 0 Å². The van der Waals surface area contributed by atoms with E-state index in [1.54, 1.807) is 13.3 Å². The first-order valence-corrected chi connectivity index (χ1v) is 9.25. The van der Waals surface area contributed by atoms with Gasteiger partial charge in [0.25, 0.3) is 5.89 Å². The first-order chi connectivity index (χ1) is 13.1. The number of pyridine rings is 1. The van der Waals surface area contributed by atoms with Crippen molar-refractivity contribution in [3.63, 3.8) is 0 Å². The summed E-state index contributed by atoms with van der Waals surface area (Å²) in [5, 5.41) is 2.83. The van der Waals surface area contributed by atoms with Crippen molar-refractivity contribution in [3.05, 3.63) is 41.4 Å². The molecular formula is C19H23FN4O3. The third-order valence-corrected chi connectivity index (χ3v) is 5.12. The van der Waals surface area contributed by atoms with E-state index in [1.165, 1.54) is 0 Å². The van der Waals surface area contributed by atoms with Crippen molar-refractivity contribution in [1.29, 1.82) is 0 Å². The molecule has 1 fully saturated rings. The molecule has 144 valence electrons. The Balaban J connectivity index is 1.37. The largest absolute Gasteiger partial charge is 0.495 e. The monoisotopic (exact) mass is 374 g/mol. The zero-order valence-electron chi connectivity index (χ0n) is 15.3. The molecule has 2 aromatic heterocycles. The molecule has 7 nitrogen and oxygen atoms in total. The molecule has 0 saturated heterocycles. The molecular weight excluding hydrogens is 351 g/mol. The number of nitrogens with zero attached hydrogens (tertiary/aromatic N) is 3. The maximum atomic E-state index is 13.3. The van der Waals surface area contributed by atoms with E-state index in [1.807, 2.05) is 12.1 Å². The van der Waals surface area contributed by atoms with Gasteiger partial charge < -0.3 is 14.5 Å². The van der Waals surface area contributed by atoms with Crippen molar-refractivity contribution in [3.8, 4) is 5.75 Å². The number of nitrogens with one attached hydrogen (secondary N) is 1. The lowest BCUT2D eigenvalue weighted by molar-refractivity contribution is 0.0899. The number of ether oxygens (including phenoxy) is 1. The van der Waals surface area contributed by atoms with Crippen molar-refractivity contribution in [2.45, 2.75) is 51.0 Å². The first kappa shape index (κ1) is 17.9. The van der Waals surface area contributed by atoms with Crippen LogP contribution < -0.4 is 10.1 Å². The predicted molar refractivity (Wildman–Crippen MR) is 95.1 cm³/mol. The van der Waals surface area contributed by atoms with Crippen LogP contribution in [-0.4, -0.2) is 46.6 Å². The van der Waals surface area contributed by atoms with Crippen LogP contribution in [0.1, 0.15) is 47.1 Å². The summed E-state index contributed by atoms with van der Waals surface area (Å²) in [7, 11) is 1.61. The van der Waals surface area contributed by atoms with E-state index in [0.717, 1.165) is 29.4 Å². The number of oxazole rings is 1. The average molecular weight is 374 g/mol. The van der Waals surface area contributed by atoms with Gasteiger partial charge in [0.1, 0.15) is 17.7 Å². The molecule has 0 spiro atoms. The number of aromatic nitrogens is 2. The van der Waals surface area contributed by atoms with Gasteiger partial charge in [-0.05, 0) is 31.4 Å². The molecule has 2 atom stereocenters. The van der Waals surface area contributed by atoms with Crippen LogP contribution in [0.15, 0.2) is 22.7 Å². The van der Waals surface area contributed by atoms with Gasteiger partial charge in [0.05, 0.1) is 24.7 Å². The fourth-order valence-corrected chi connectivity index (χ4v) is 3.64. The SMILES string of the molecule is COc1ccc(CN2CCc3oc(C(=O)N[C@@H]4CC[C@@H](F)C4)nc3C2)nc1. The summed E-state index contributed by atoms with van der Waals surface area (Å²) in [6.45, 7) is 2.11. The van der Waals surface area contributed by atoms with Crippen LogP contribution in [0, 0.1) is 0 Å². The Bertz CT molecular complexity index is 808. The second-order valence-electron chi connectivity index (χ2n) is 7.12. The molecule has 1 N–H and O–H groups in total. The minimum atomic E-state index is -0.826. The van der Waals surface area contributed by atoms with Crippen molar-refractivity contribution in [1.82, 2.24) is 20.2 Å². The molecule has 1 aliphatic heterocycles. The van der Waals surface area contributed by atoms with Crippen LogP contribution >= 0.6 is 0 Å². The molecule has 1 amide bonds. The summed E-state index contributed by atoms with van der Waals surface area (Å²) in [5.41, 5.74) is 1.73. The van der Waals surface area contributed by atoms with Crippen molar-refractivity contribution >= 4 is 5.91 Å². The Morgan fingerprint density at radius 1 is 1.44 bits per heavy atom. The Hall–Kier alpha value is -2.48. The summed E-state index contributed by atoms with van der Waals surface area (Å²) in [6, 6.07) is 3.70. The Kier molecular flexibility index (Phi) is 5.07. The number of carbonyl (C=O) groups is 1. The zero-order valence-corrected chi connectivity index (χ0v) is 15.3. The summed E-state index contributed by atoms with van der Waals surface area (Å²) in [6.07, 6.45) is 3.11. The van der Waals surface area contributed by atoms with Gasteiger partial charge in [-0.25, -0.2) is 9.37 Å². The highest BCUT2D eigenvalue weighted by molar-refractivity contribution is 5.90. The molecule has 1 saturated carbocycles. The van der Waals surface area contributed by atoms with E-state index in [4.69, 9.17) is 9.15 Å². The van der Waals surface area contributed by atoms with E-state index in [0.29, 0.717) is 38.8 Å². The summed E-state index contributed by atoms with van der Waals surface area (Å²) in [5.74, 6) is 1.21. The number of rotatable bonds is 5. The lowest BCUT2D eigenvalue weighted by atomic mass is 10.1. The zero-order chi connectivity index (χ0) is 18.8. The topological polar surface area (TPSA) is 80.5 Å². The van der Waals surface area contributed by atoms with Gasteiger partial charge in [0, 0.05) is 32.1 Å². The second kappa shape index (κ2) is 7.64. The van der Waals surface area contributed by atoms with Crippen LogP contribution in [0.3, 0.4) is 0 Å². The molecule has 0 unspecified atom stereocenters. The van der Waals surface area contributed by atoms with Crippen LogP contribution in [0.25, 0.3) is 0 Å². The Labute approximate surface area is 156 Å². The molecule has 2 aromatic rings. The fourth-order valence-electron chi connectivity index (χ4n) is 3.64. The number of fused-ring (bicyclic) bond motifs is 1. The molecule has 2 aliphatic rings. The number of hydrogen-bond donors (Lipinski definition) is 1. The number of carbonyl (C=O) groups excluding carboxylic acids is 1. The molecule has 0 radical (unpaired) electrons. The van der Waals surface area contributed by atoms with Crippen LogP contribution in [0.4, 0.5) is 4.39 Å². The van der Waals surface area contributed by atoms with Gasteiger partial charge in [-0.3, -0.25) is 14.7 Å². The van der Waals surface area contributed by atoms with Crippen LogP contribution in [0.5, 0.6) is 5.75 Å². The molecule has 0 bridgehead atoms. The number of halogens is 1. The van der Waals surface area contributed by atoms with Gasteiger partial charge in [-0.2, -0.15) is 0 Å². The molecule has 0 aromatic carbocycles. The minimum absolute atomic E-state index is 0.0757. The predicted octanol–water partition coefficient (Wildman–Crippen LogP) is 2.26. The van der Waals surface area contributed by atoms with Gasteiger partial charge in [0.2, 0.25) is 0 Å². The lowest BCUT2D eigenvalue weighted by Gasteiger charge is -2.24. The van der Waals surface area contributed by atoms with Gasteiger partial charge >= 0.3 is 5.91 Å². The normalized spacial score (nSPS) is 22.4.